The van der Waals surface area contributed by atoms with E-state index in [1.54, 1.807) is 19.1 Å². The lowest BCUT2D eigenvalue weighted by Crippen LogP contribution is -2.47. The Bertz CT molecular complexity index is 1000. The van der Waals surface area contributed by atoms with Crippen LogP contribution in [0.5, 0.6) is 11.5 Å². The van der Waals surface area contributed by atoms with E-state index in [0.717, 1.165) is 16.3 Å². The van der Waals surface area contributed by atoms with Crippen LogP contribution in [-0.2, 0) is 4.79 Å². The Morgan fingerprint density at radius 1 is 1.14 bits per heavy atom. The van der Waals surface area contributed by atoms with Gasteiger partial charge in [0.2, 0.25) is 5.91 Å². The largest absolute Gasteiger partial charge is 0.497 e. The van der Waals surface area contributed by atoms with Gasteiger partial charge in [-0.25, -0.2) is 0 Å². The van der Waals surface area contributed by atoms with Crippen molar-refractivity contribution in [2.75, 3.05) is 31.7 Å². The smallest absolute Gasteiger partial charge is 0.229 e. The number of allylic oxidation sites excluding steroid dienone is 1. The number of carbonyl (C=O) groups excluding carboxylic acids is 1. The van der Waals surface area contributed by atoms with Gasteiger partial charge in [-0.1, -0.05) is 30.0 Å². The monoisotopic (exact) mass is 407 g/mol. The van der Waals surface area contributed by atoms with E-state index in [0.29, 0.717) is 29.6 Å². The standard InChI is InChI=1S/C22H21N3O3S/c1-27-16-8-9-20(28-2)18(10-16)17-11-21(26)25-13-24(15-6-4-3-5-7-15)14-29-22(25)19(17)12-23/h3-10,17H,11,13-14H2,1-2H3/t17-/m0/s1. The van der Waals surface area contributed by atoms with Gasteiger partial charge in [0.1, 0.15) is 11.5 Å². The van der Waals surface area contributed by atoms with Gasteiger partial charge in [0.05, 0.1) is 43.4 Å². The number of ether oxygens (including phenoxy) is 2. The normalized spacial score (nSPS) is 18.9. The van der Waals surface area contributed by atoms with Crippen molar-refractivity contribution >= 4 is 23.4 Å². The number of benzene rings is 2. The molecular weight excluding hydrogens is 386 g/mol. The minimum Gasteiger partial charge on any atom is -0.497 e. The molecule has 0 bridgehead atoms. The van der Waals surface area contributed by atoms with Crippen LogP contribution >= 0.6 is 11.8 Å². The summed E-state index contributed by atoms with van der Waals surface area (Å²) in [4.78, 5) is 16.9. The van der Waals surface area contributed by atoms with Crippen molar-refractivity contribution in [1.29, 1.82) is 5.26 Å². The number of rotatable bonds is 4. The van der Waals surface area contributed by atoms with Crippen LogP contribution in [0.25, 0.3) is 0 Å². The number of nitriles is 1. The number of nitrogens with zero attached hydrogens (tertiary/aromatic N) is 3. The number of methoxy groups -OCH3 is 2. The predicted molar refractivity (Wildman–Crippen MR) is 113 cm³/mol. The van der Waals surface area contributed by atoms with Crippen molar-refractivity contribution in [2.45, 2.75) is 12.3 Å². The number of fused-ring (bicyclic) bond motifs is 1. The summed E-state index contributed by atoms with van der Waals surface area (Å²) in [5, 5.41) is 10.7. The van der Waals surface area contributed by atoms with Gasteiger partial charge in [0, 0.05) is 23.6 Å². The zero-order valence-corrected chi connectivity index (χ0v) is 17.1. The Morgan fingerprint density at radius 2 is 1.93 bits per heavy atom. The summed E-state index contributed by atoms with van der Waals surface area (Å²) in [7, 11) is 3.19. The fourth-order valence-electron chi connectivity index (χ4n) is 3.74. The lowest BCUT2D eigenvalue weighted by Gasteiger charge is -2.42. The molecule has 29 heavy (non-hydrogen) atoms. The minimum atomic E-state index is -0.348. The summed E-state index contributed by atoms with van der Waals surface area (Å²) in [5.74, 6) is 1.65. The highest BCUT2D eigenvalue weighted by molar-refractivity contribution is 8.03. The highest BCUT2D eigenvalue weighted by Crippen LogP contribution is 2.45. The van der Waals surface area contributed by atoms with Crippen molar-refractivity contribution in [3.8, 4) is 17.6 Å². The fourth-order valence-corrected chi connectivity index (χ4v) is 4.91. The summed E-state index contributed by atoms with van der Waals surface area (Å²) in [6, 6.07) is 17.8. The molecule has 2 aliphatic heterocycles. The van der Waals surface area contributed by atoms with E-state index in [1.165, 1.54) is 11.8 Å². The molecule has 0 radical (unpaired) electrons. The maximum Gasteiger partial charge on any atom is 0.229 e. The third-order valence-electron chi connectivity index (χ3n) is 5.23. The predicted octanol–water partition coefficient (Wildman–Crippen LogP) is 3.92. The third-order valence-corrected chi connectivity index (χ3v) is 6.38. The first-order chi connectivity index (χ1) is 14.2. The molecule has 4 rings (SSSR count). The van der Waals surface area contributed by atoms with Gasteiger partial charge in [0.25, 0.3) is 0 Å². The van der Waals surface area contributed by atoms with Gasteiger partial charge in [-0.2, -0.15) is 5.26 Å². The zero-order chi connectivity index (χ0) is 20.4. The molecule has 2 aromatic rings. The van der Waals surface area contributed by atoms with Gasteiger partial charge in [-0.05, 0) is 30.3 Å². The molecule has 6 nitrogen and oxygen atoms in total. The molecule has 0 saturated carbocycles. The lowest BCUT2D eigenvalue weighted by atomic mass is 9.86. The van der Waals surface area contributed by atoms with Crippen LogP contribution < -0.4 is 14.4 Å². The SMILES string of the molecule is COc1ccc(OC)c([C@@H]2CC(=O)N3CN(c4ccccc4)CSC3=C2C#N)c1. The number of thioether (sulfide) groups is 1. The summed E-state index contributed by atoms with van der Waals surface area (Å²) in [6.45, 7) is 0.443. The van der Waals surface area contributed by atoms with Gasteiger partial charge >= 0.3 is 0 Å². The number of hydrogen-bond donors (Lipinski definition) is 0. The second-order valence-corrected chi connectivity index (χ2v) is 7.74. The second kappa shape index (κ2) is 8.10. The summed E-state index contributed by atoms with van der Waals surface area (Å²) < 4.78 is 10.9. The topological polar surface area (TPSA) is 65.8 Å². The summed E-state index contributed by atoms with van der Waals surface area (Å²) in [6.07, 6.45) is 0.221. The highest BCUT2D eigenvalue weighted by Gasteiger charge is 2.39. The highest BCUT2D eigenvalue weighted by atomic mass is 32.2. The van der Waals surface area contributed by atoms with Crippen LogP contribution in [-0.4, -0.2) is 37.6 Å². The van der Waals surface area contributed by atoms with Gasteiger partial charge in [-0.3, -0.25) is 9.69 Å². The van der Waals surface area contributed by atoms with Crippen molar-refractivity contribution in [3.05, 3.63) is 64.7 Å². The van der Waals surface area contributed by atoms with E-state index < -0.39 is 0 Å². The molecule has 0 spiro atoms. The Labute approximate surface area is 174 Å². The first kappa shape index (κ1) is 19.2. The number of carbonyl (C=O) groups is 1. The van der Waals surface area contributed by atoms with E-state index in [4.69, 9.17) is 9.47 Å². The van der Waals surface area contributed by atoms with E-state index in [-0.39, 0.29) is 18.2 Å². The Kier molecular flexibility index (Phi) is 5.36. The molecule has 1 fully saturated rings. The third kappa shape index (κ3) is 3.52. The molecule has 1 saturated heterocycles. The van der Waals surface area contributed by atoms with Crippen LogP contribution in [0.2, 0.25) is 0 Å². The van der Waals surface area contributed by atoms with Crippen molar-refractivity contribution in [1.82, 2.24) is 4.90 Å². The molecule has 2 heterocycles. The lowest BCUT2D eigenvalue weighted by molar-refractivity contribution is -0.129. The maximum atomic E-state index is 13.1. The number of amides is 1. The zero-order valence-electron chi connectivity index (χ0n) is 16.3. The van der Waals surface area contributed by atoms with Crippen LogP contribution in [0, 0.1) is 11.3 Å². The van der Waals surface area contributed by atoms with Gasteiger partial charge in [-0.15, -0.1) is 0 Å². The fraction of sp³-hybridized carbons (Fsp3) is 0.273. The molecule has 0 aromatic heterocycles. The molecule has 7 heteroatoms. The Morgan fingerprint density at radius 3 is 2.62 bits per heavy atom. The average molecular weight is 407 g/mol. The molecule has 1 amide bonds. The van der Waals surface area contributed by atoms with Crippen molar-refractivity contribution in [2.24, 2.45) is 0 Å². The average Bonchev–Trinajstić information content (AvgIpc) is 2.79. The van der Waals surface area contributed by atoms with E-state index in [1.807, 2.05) is 48.5 Å². The van der Waals surface area contributed by atoms with E-state index in [9.17, 15) is 10.1 Å². The first-order valence-electron chi connectivity index (χ1n) is 9.25. The van der Waals surface area contributed by atoms with Crippen LogP contribution in [0.15, 0.2) is 59.1 Å². The second-order valence-electron chi connectivity index (χ2n) is 6.81. The number of hydrogen-bond acceptors (Lipinski definition) is 6. The maximum absolute atomic E-state index is 13.1. The van der Waals surface area contributed by atoms with Gasteiger partial charge < -0.3 is 14.4 Å². The van der Waals surface area contributed by atoms with Gasteiger partial charge in [0.15, 0.2) is 0 Å². The van der Waals surface area contributed by atoms with Crippen LogP contribution in [0.3, 0.4) is 0 Å². The van der Waals surface area contributed by atoms with E-state index >= 15 is 0 Å². The quantitative estimate of drug-likeness (QED) is 0.765. The summed E-state index contributed by atoms with van der Waals surface area (Å²) >= 11 is 1.52. The molecule has 0 unspecified atom stereocenters. The van der Waals surface area contributed by atoms with Crippen LogP contribution in [0.4, 0.5) is 5.69 Å². The number of para-hydroxylation sites is 1. The first-order valence-corrected chi connectivity index (χ1v) is 10.2. The molecule has 1 atom stereocenters. The van der Waals surface area contributed by atoms with E-state index in [2.05, 4.69) is 11.0 Å². The molecule has 2 aliphatic rings. The van der Waals surface area contributed by atoms with Crippen molar-refractivity contribution in [3.63, 3.8) is 0 Å². The Hall–Kier alpha value is -3.11. The molecule has 0 N–H and O–H groups in total. The summed E-state index contributed by atoms with van der Waals surface area (Å²) in [5.41, 5.74) is 2.46. The molecule has 0 aliphatic carbocycles. The molecule has 2 aromatic carbocycles. The van der Waals surface area contributed by atoms with Crippen LogP contribution in [0.1, 0.15) is 17.9 Å². The van der Waals surface area contributed by atoms with Crippen molar-refractivity contribution < 1.29 is 14.3 Å². The minimum absolute atomic E-state index is 0.00186. The molecule has 148 valence electrons. The number of anilines is 1. The Balaban J connectivity index is 1.72. The molecular formula is C22H21N3O3S.